The summed E-state index contributed by atoms with van der Waals surface area (Å²) < 4.78 is 0. The van der Waals surface area contributed by atoms with E-state index in [2.05, 4.69) is 41.6 Å². The maximum absolute atomic E-state index is 12.9. The fraction of sp³-hybridized carbons (Fsp3) is 0.343. The topological polar surface area (TPSA) is 90.4 Å². The minimum Gasteiger partial charge on any atom is -0.392 e. The number of carbonyl (C=O) groups is 1. The van der Waals surface area contributed by atoms with Crippen molar-refractivity contribution in [3.05, 3.63) is 124 Å². The Morgan fingerprint density at radius 2 is 1.81 bits per heavy atom. The maximum Gasteiger partial charge on any atom is 0.322 e. The summed E-state index contributed by atoms with van der Waals surface area (Å²) in [5.74, 6) is 0.473. The molecular weight excluding hydrogens is 522 g/mol. The first-order valence-corrected chi connectivity index (χ1v) is 14.9. The highest BCUT2D eigenvalue weighted by Crippen LogP contribution is 2.37. The Labute approximate surface area is 249 Å². The van der Waals surface area contributed by atoms with Crippen LogP contribution in [0.5, 0.6) is 0 Å². The third-order valence-electron chi connectivity index (χ3n) is 8.26. The molecule has 2 amide bonds. The lowest BCUT2D eigenvalue weighted by Gasteiger charge is -2.31. The quantitative estimate of drug-likeness (QED) is 0.210. The number of carbonyl (C=O) groups excluding carboxylic acids is 1. The maximum atomic E-state index is 12.9. The number of rotatable bonds is 10. The molecule has 0 bridgehead atoms. The SMILES string of the molecule is CCN(C(=O)NCc1ccc(CNC2CCC(C)c3cc(C)c(Cc4ccccn4)nc32)c(CO)c1)c1ccccc1. The van der Waals surface area contributed by atoms with Gasteiger partial charge in [0.15, 0.2) is 0 Å². The van der Waals surface area contributed by atoms with Gasteiger partial charge in [0.2, 0.25) is 0 Å². The highest BCUT2D eigenvalue weighted by Gasteiger charge is 2.27. The number of amides is 2. The minimum atomic E-state index is -0.143. The molecule has 7 heteroatoms. The van der Waals surface area contributed by atoms with Crippen LogP contribution in [0.15, 0.2) is 79.0 Å². The van der Waals surface area contributed by atoms with Gasteiger partial charge in [0.05, 0.1) is 18.3 Å². The average Bonchev–Trinajstić information content (AvgIpc) is 3.02. The van der Waals surface area contributed by atoms with Crippen LogP contribution in [0.4, 0.5) is 10.5 Å². The summed E-state index contributed by atoms with van der Waals surface area (Å²) in [6, 6.07) is 24.0. The molecule has 1 aliphatic rings. The van der Waals surface area contributed by atoms with Gasteiger partial charge in [-0.1, -0.05) is 55.5 Å². The highest BCUT2D eigenvalue weighted by molar-refractivity contribution is 5.91. The van der Waals surface area contributed by atoms with E-state index < -0.39 is 0 Å². The van der Waals surface area contributed by atoms with Gasteiger partial charge in [-0.25, -0.2) is 4.79 Å². The molecule has 5 rings (SSSR count). The van der Waals surface area contributed by atoms with Gasteiger partial charge in [0.1, 0.15) is 0 Å². The van der Waals surface area contributed by atoms with Crippen LogP contribution in [0, 0.1) is 6.92 Å². The van der Waals surface area contributed by atoms with E-state index in [0.717, 1.165) is 58.7 Å². The van der Waals surface area contributed by atoms with Crippen LogP contribution in [0.2, 0.25) is 0 Å². The normalized spacial score (nSPS) is 16.1. The van der Waals surface area contributed by atoms with E-state index in [1.54, 1.807) is 4.90 Å². The zero-order valence-corrected chi connectivity index (χ0v) is 24.8. The summed E-state index contributed by atoms with van der Waals surface area (Å²) in [6.07, 6.45) is 4.67. The number of hydrogen-bond donors (Lipinski definition) is 3. The predicted molar refractivity (Wildman–Crippen MR) is 167 cm³/mol. The number of aliphatic hydroxyl groups excluding tert-OH is 1. The second-order valence-electron chi connectivity index (χ2n) is 11.1. The third-order valence-corrected chi connectivity index (χ3v) is 8.26. The van der Waals surface area contributed by atoms with Crippen molar-refractivity contribution in [1.29, 1.82) is 0 Å². The first-order chi connectivity index (χ1) is 20.5. The van der Waals surface area contributed by atoms with Gasteiger partial charge in [0.25, 0.3) is 0 Å². The zero-order chi connectivity index (χ0) is 29.5. The minimum absolute atomic E-state index is 0.0617. The van der Waals surface area contributed by atoms with Gasteiger partial charge >= 0.3 is 6.03 Å². The average molecular weight is 564 g/mol. The van der Waals surface area contributed by atoms with Crippen LogP contribution in [-0.2, 0) is 26.1 Å². The summed E-state index contributed by atoms with van der Waals surface area (Å²) >= 11 is 0. The lowest BCUT2D eigenvalue weighted by molar-refractivity contribution is 0.246. The molecule has 2 heterocycles. The molecule has 2 atom stereocenters. The van der Waals surface area contributed by atoms with Gasteiger partial charge in [0, 0.05) is 49.3 Å². The van der Waals surface area contributed by atoms with E-state index in [4.69, 9.17) is 4.98 Å². The van der Waals surface area contributed by atoms with E-state index >= 15 is 0 Å². The van der Waals surface area contributed by atoms with Crippen LogP contribution in [0.3, 0.4) is 0 Å². The first kappa shape index (κ1) is 29.4. The molecule has 4 aromatic rings. The molecule has 0 saturated heterocycles. The fourth-order valence-electron chi connectivity index (χ4n) is 5.79. The molecule has 0 radical (unpaired) electrons. The largest absolute Gasteiger partial charge is 0.392 e. The van der Waals surface area contributed by atoms with E-state index in [0.29, 0.717) is 25.6 Å². The van der Waals surface area contributed by atoms with Gasteiger partial charge in [-0.05, 0) is 84.7 Å². The van der Waals surface area contributed by atoms with Gasteiger partial charge in [-0.2, -0.15) is 0 Å². The van der Waals surface area contributed by atoms with E-state index in [-0.39, 0.29) is 18.7 Å². The van der Waals surface area contributed by atoms with Crippen LogP contribution >= 0.6 is 0 Å². The standard InChI is InChI=1S/C35H41N5O2/c1-4-40(30-11-6-5-7-12-30)35(42)38-21-26-14-15-27(28(19-26)23-41)22-37-32-16-13-24(2)31-18-25(3)33(39-34(31)32)20-29-10-8-9-17-36-29/h5-12,14-15,17-19,24,32,37,41H,4,13,16,20-23H2,1-3H3,(H,38,42). The van der Waals surface area contributed by atoms with Crippen molar-refractivity contribution in [2.75, 3.05) is 11.4 Å². The lowest BCUT2D eigenvalue weighted by atomic mass is 9.82. The predicted octanol–water partition coefficient (Wildman–Crippen LogP) is 6.33. The third kappa shape index (κ3) is 6.86. The zero-order valence-electron chi connectivity index (χ0n) is 24.8. The van der Waals surface area contributed by atoms with Crippen molar-refractivity contribution in [2.24, 2.45) is 0 Å². The van der Waals surface area contributed by atoms with Crippen molar-refractivity contribution in [3.63, 3.8) is 0 Å². The van der Waals surface area contributed by atoms with E-state index in [9.17, 15) is 9.90 Å². The molecule has 2 aromatic heterocycles. The van der Waals surface area contributed by atoms with E-state index in [1.165, 1.54) is 11.1 Å². The van der Waals surface area contributed by atoms with Crippen LogP contribution in [0.1, 0.15) is 83.5 Å². The number of aryl methyl sites for hydroxylation is 1. The van der Waals surface area contributed by atoms with Gasteiger partial charge < -0.3 is 15.7 Å². The molecule has 2 unspecified atom stereocenters. The Balaban J connectivity index is 1.26. The Morgan fingerprint density at radius 1 is 1.00 bits per heavy atom. The van der Waals surface area contributed by atoms with Crippen molar-refractivity contribution in [3.8, 4) is 0 Å². The van der Waals surface area contributed by atoms with Crippen molar-refractivity contribution < 1.29 is 9.90 Å². The lowest BCUT2D eigenvalue weighted by Crippen LogP contribution is -2.39. The number of nitrogens with zero attached hydrogens (tertiary/aromatic N) is 3. The Bertz CT molecular complexity index is 1490. The molecule has 0 aliphatic heterocycles. The Hall–Kier alpha value is -4.07. The van der Waals surface area contributed by atoms with Gasteiger partial charge in [-0.3, -0.25) is 14.9 Å². The molecular formula is C35H41N5O2. The summed E-state index contributed by atoms with van der Waals surface area (Å²) in [6.45, 7) is 7.92. The number of aromatic nitrogens is 2. The Morgan fingerprint density at radius 3 is 2.55 bits per heavy atom. The molecule has 0 fully saturated rings. The first-order valence-electron chi connectivity index (χ1n) is 14.9. The molecule has 0 saturated carbocycles. The number of fused-ring (bicyclic) bond motifs is 1. The smallest absolute Gasteiger partial charge is 0.322 e. The Kier molecular flexibility index (Phi) is 9.62. The molecule has 7 nitrogen and oxygen atoms in total. The summed E-state index contributed by atoms with van der Waals surface area (Å²) in [7, 11) is 0. The van der Waals surface area contributed by atoms with E-state index in [1.807, 2.05) is 73.8 Å². The van der Waals surface area contributed by atoms with Crippen molar-refractivity contribution in [1.82, 2.24) is 20.6 Å². The number of benzene rings is 2. The molecule has 2 aromatic carbocycles. The van der Waals surface area contributed by atoms with Crippen molar-refractivity contribution >= 4 is 11.7 Å². The van der Waals surface area contributed by atoms with Crippen LogP contribution in [-0.4, -0.2) is 27.7 Å². The number of hydrogen-bond acceptors (Lipinski definition) is 5. The highest BCUT2D eigenvalue weighted by atomic mass is 16.3. The summed E-state index contributed by atoms with van der Waals surface area (Å²) in [5, 5.41) is 17.0. The van der Waals surface area contributed by atoms with Crippen LogP contribution < -0.4 is 15.5 Å². The number of anilines is 1. The number of para-hydroxylation sites is 1. The number of urea groups is 1. The molecule has 3 N–H and O–H groups in total. The summed E-state index contributed by atoms with van der Waals surface area (Å²) in [5.41, 5.74) is 9.49. The summed E-state index contributed by atoms with van der Waals surface area (Å²) in [4.78, 5) is 24.3. The second-order valence-corrected chi connectivity index (χ2v) is 11.1. The molecule has 0 spiro atoms. The number of aliphatic hydroxyl groups is 1. The monoisotopic (exact) mass is 563 g/mol. The molecule has 218 valence electrons. The van der Waals surface area contributed by atoms with Crippen molar-refractivity contribution in [2.45, 2.75) is 71.7 Å². The molecule has 42 heavy (non-hydrogen) atoms. The second kappa shape index (κ2) is 13.7. The number of nitrogens with one attached hydrogen (secondary N) is 2. The van der Waals surface area contributed by atoms with Gasteiger partial charge in [-0.15, -0.1) is 0 Å². The van der Waals surface area contributed by atoms with Crippen LogP contribution in [0.25, 0.3) is 0 Å². The molecule has 1 aliphatic carbocycles. The fourth-order valence-corrected chi connectivity index (χ4v) is 5.79. The number of pyridine rings is 2.